The van der Waals surface area contributed by atoms with Gasteiger partial charge in [0.25, 0.3) is 0 Å². The van der Waals surface area contributed by atoms with E-state index in [1.165, 1.54) is 6.42 Å². The number of carbonyl (C=O) groups excluding carboxylic acids is 1. The van der Waals surface area contributed by atoms with Gasteiger partial charge in [-0.1, -0.05) is 27.2 Å². The van der Waals surface area contributed by atoms with Crippen molar-refractivity contribution in [3.63, 3.8) is 0 Å². The largest absolute Gasteiger partial charge is 0.351 e. The van der Waals surface area contributed by atoms with Crippen LogP contribution in [0.1, 0.15) is 53.9 Å². The van der Waals surface area contributed by atoms with Crippen LogP contribution in [-0.2, 0) is 4.79 Å². The second-order valence-corrected chi connectivity index (χ2v) is 5.84. The van der Waals surface area contributed by atoms with Gasteiger partial charge in [-0.25, -0.2) is 0 Å². The molecular formula is C12H23NO. The molecule has 1 aliphatic heterocycles. The monoisotopic (exact) mass is 197 g/mol. The van der Waals surface area contributed by atoms with Gasteiger partial charge >= 0.3 is 0 Å². The van der Waals surface area contributed by atoms with Crippen LogP contribution in [0.5, 0.6) is 0 Å². The van der Waals surface area contributed by atoms with Gasteiger partial charge in [0.05, 0.1) is 0 Å². The fourth-order valence-corrected chi connectivity index (χ4v) is 2.13. The first kappa shape index (κ1) is 11.5. The van der Waals surface area contributed by atoms with Crippen molar-refractivity contribution in [2.24, 2.45) is 11.3 Å². The molecule has 1 N–H and O–H groups in total. The van der Waals surface area contributed by atoms with Crippen molar-refractivity contribution >= 4 is 5.91 Å². The first-order chi connectivity index (χ1) is 6.27. The van der Waals surface area contributed by atoms with Gasteiger partial charge in [0.1, 0.15) is 0 Å². The van der Waals surface area contributed by atoms with Crippen LogP contribution in [-0.4, -0.2) is 11.4 Å². The van der Waals surface area contributed by atoms with Crippen LogP contribution in [0.2, 0.25) is 0 Å². The number of amides is 1. The zero-order valence-corrected chi connectivity index (χ0v) is 10.1. The second kappa shape index (κ2) is 3.56. The van der Waals surface area contributed by atoms with Gasteiger partial charge < -0.3 is 5.32 Å². The van der Waals surface area contributed by atoms with E-state index < -0.39 is 0 Å². The Balaban J connectivity index is 2.68. The predicted molar refractivity (Wildman–Crippen MR) is 59.0 cm³/mol. The smallest absolute Gasteiger partial charge is 0.221 e. The highest BCUT2D eigenvalue weighted by Gasteiger charge is 2.48. The van der Waals surface area contributed by atoms with Gasteiger partial charge in [-0.2, -0.15) is 0 Å². The highest BCUT2D eigenvalue weighted by atomic mass is 16.2. The minimum atomic E-state index is -0.0427. The SMILES string of the molecule is CC(C)CCC1(C)CC(=O)NC1(C)C. The Kier molecular flexibility index (Phi) is 2.93. The zero-order valence-electron chi connectivity index (χ0n) is 10.1. The standard InChI is InChI=1S/C12H23NO/c1-9(2)6-7-12(5)8-10(14)13-11(12,3)4/h9H,6-8H2,1-5H3,(H,13,14). The molecule has 14 heavy (non-hydrogen) atoms. The Morgan fingerprint density at radius 2 is 1.93 bits per heavy atom. The van der Waals surface area contributed by atoms with Crippen molar-refractivity contribution in [2.75, 3.05) is 0 Å². The molecule has 0 aliphatic carbocycles. The van der Waals surface area contributed by atoms with E-state index in [4.69, 9.17) is 0 Å². The average molecular weight is 197 g/mol. The Bertz CT molecular complexity index is 232. The van der Waals surface area contributed by atoms with E-state index in [0.717, 1.165) is 12.3 Å². The molecule has 1 fully saturated rings. The van der Waals surface area contributed by atoms with Gasteiger partial charge in [0, 0.05) is 12.0 Å². The molecule has 1 amide bonds. The van der Waals surface area contributed by atoms with Crippen molar-refractivity contribution < 1.29 is 4.79 Å². The molecule has 0 radical (unpaired) electrons. The summed E-state index contributed by atoms with van der Waals surface area (Å²) in [7, 11) is 0. The molecule has 2 nitrogen and oxygen atoms in total. The molecule has 1 aliphatic rings. The van der Waals surface area contributed by atoms with Crippen LogP contribution >= 0.6 is 0 Å². The van der Waals surface area contributed by atoms with Gasteiger partial charge in [0.15, 0.2) is 0 Å². The van der Waals surface area contributed by atoms with Gasteiger partial charge in [-0.3, -0.25) is 4.79 Å². The summed E-state index contributed by atoms with van der Waals surface area (Å²) >= 11 is 0. The van der Waals surface area contributed by atoms with Gasteiger partial charge in [-0.15, -0.1) is 0 Å². The van der Waals surface area contributed by atoms with Crippen LogP contribution in [0.4, 0.5) is 0 Å². The third kappa shape index (κ3) is 2.10. The van der Waals surface area contributed by atoms with E-state index in [2.05, 4.69) is 39.9 Å². The molecule has 0 aromatic rings. The zero-order chi connectivity index (χ0) is 11.0. The predicted octanol–water partition coefficient (Wildman–Crippen LogP) is 2.73. The van der Waals surface area contributed by atoms with Crippen LogP contribution in [0.25, 0.3) is 0 Å². The maximum absolute atomic E-state index is 11.4. The molecule has 0 aromatic carbocycles. The minimum absolute atomic E-state index is 0.0427. The van der Waals surface area contributed by atoms with Crippen LogP contribution in [0.15, 0.2) is 0 Å². The molecule has 1 saturated heterocycles. The summed E-state index contributed by atoms with van der Waals surface area (Å²) in [5.74, 6) is 0.930. The quantitative estimate of drug-likeness (QED) is 0.740. The normalized spacial score (nSPS) is 30.9. The Labute approximate surface area is 87.5 Å². The minimum Gasteiger partial charge on any atom is -0.351 e. The molecule has 0 bridgehead atoms. The van der Waals surface area contributed by atoms with Crippen molar-refractivity contribution in [1.82, 2.24) is 5.32 Å². The molecule has 1 rings (SSSR count). The van der Waals surface area contributed by atoms with Crippen LogP contribution in [0.3, 0.4) is 0 Å². The molecule has 82 valence electrons. The lowest BCUT2D eigenvalue weighted by Crippen LogP contribution is -2.45. The molecule has 0 saturated carbocycles. The molecular weight excluding hydrogens is 174 g/mol. The van der Waals surface area contributed by atoms with E-state index in [0.29, 0.717) is 6.42 Å². The number of nitrogens with one attached hydrogen (secondary N) is 1. The maximum atomic E-state index is 11.4. The summed E-state index contributed by atoms with van der Waals surface area (Å²) in [6, 6.07) is 0. The number of hydrogen-bond acceptors (Lipinski definition) is 1. The van der Waals surface area contributed by atoms with Crippen molar-refractivity contribution in [1.29, 1.82) is 0 Å². The molecule has 1 heterocycles. The number of hydrogen-bond donors (Lipinski definition) is 1. The lowest BCUT2D eigenvalue weighted by molar-refractivity contribution is -0.119. The van der Waals surface area contributed by atoms with Gasteiger partial charge in [-0.05, 0) is 31.6 Å². The summed E-state index contributed by atoms with van der Waals surface area (Å²) in [5.41, 5.74) is 0.0906. The topological polar surface area (TPSA) is 29.1 Å². The highest BCUT2D eigenvalue weighted by Crippen LogP contribution is 2.43. The summed E-state index contributed by atoms with van der Waals surface area (Å²) in [5, 5.41) is 3.07. The summed E-state index contributed by atoms with van der Waals surface area (Å²) in [4.78, 5) is 11.4. The Morgan fingerprint density at radius 3 is 2.29 bits per heavy atom. The molecule has 0 aromatic heterocycles. The van der Waals surface area contributed by atoms with E-state index in [1.807, 2.05) is 0 Å². The van der Waals surface area contributed by atoms with Gasteiger partial charge in [0.2, 0.25) is 5.91 Å². The third-order valence-corrected chi connectivity index (χ3v) is 3.78. The summed E-state index contributed by atoms with van der Waals surface area (Å²) in [6.07, 6.45) is 3.03. The maximum Gasteiger partial charge on any atom is 0.221 e. The van der Waals surface area contributed by atoms with E-state index >= 15 is 0 Å². The Morgan fingerprint density at radius 1 is 1.36 bits per heavy atom. The first-order valence-electron chi connectivity index (χ1n) is 5.58. The number of carbonyl (C=O) groups is 1. The lowest BCUT2D eigenvalue weighted by atomic mass is 9.70. The third-order valence-electron chi connectivity index (χ3n) is 3.78. The van der Waals surface area contributed by atoms with E-state index in [9.17, 15) is 4.79 Å². The summed E-state index contributed by atoms with van der Waals surface area (Å²) in [6.45, 7) is 11.0. The van der Waals surface area contributed by atoms with Crippen LogP contribution < -0.4 is 5.32 Å². The highest BCUT2D eigenvalue weighted by molar-refractivity contribution is 5.80. The van der Waals surface area contributed by atoms with Crippen LogP contribution in [0, 0.1) is 11.3 Å². The van der Waals surface area contributed by atoms with Crippen molar-refractivity contribution in [3.05, 3.63) is 0 Å². The lowest BCUT2D eigenvalue weighted by Gasteiger charge is -2.37. The second-order valence-electron chi connectivity index (χ2n) is 5.84. The average Bonchev–Trinajstić information content (AvgIpc) is 2.17. The number of rotatable bonds is 3. The first-order valence-corrected chi connectivity index (χ1v) is 5.58. The summed E-state index contributed by atoms with van der Waals surface area (Å²) < 4.78 is 0. The fourth-order valence-electron chi connectivity index (χ4n) is 2.13. The fraction of sp³-hybridized carbons (Fsp3) is 0.917. The molecule has 1 unspecified atom stereocenters. The molecule has 0 spiro atoms. The van der Waals surface area contributed by atoms with E-state index in [-0.39, 0.29) is 16.9 Å². The van der Waals surface area contributed by atoms with Crippen molar-refractivity contribution in [2.45, 2.75) is 59.4 Å². The molecule has 1 atom stereocenters. The van der Waals surface area contributed by atoms with E-state index in [1.54, 1.807) is 0 Å². The Hall–Kier alpha value is -0.530. The van der Waals surface area contributed by atoms with Crippen molar-refractivity contribution in [3.8, 4) is 0 Å². The molecule has 2 heteroatoms.